The zero-order valence-corrected chi connectivity index (χ0v) is 35.7. The second kappa shape index (κ2) is 18.9. The van der Waals surface area contributed by atoms with Crippen LogP contribution in [0.1, 0.15) is 22.8 Å². The third-order valence-corrected chi connectivity index (χ3v) is 10.5. The fourth-order valence-electron chi connectivity index (χ4n) is 7.77. The van der Waals surface area contributed by atoms with Crippen molar-refractivity contribution in [3.8, 4) is 55.9 Å². The van der Waals surface area contributed by atoms with Gasteiger partial charge < -0.3 is 22.4 Å². The van der Waals surface area contributed by atoms with Crippen LogP contribution in [0.15, 0.2) is 189 Å². The number of H-pyrrole nitrogens is 2. The van der Waals surface area contributed by atoms with E-state index in [0.29, 0.717) is 0 Å². The van der Waals surface area contributed by atoms with Gasteiger partial charge in [0.1, 0.15) is 0 Å². The molecule has 2 N–H and O–H groups in total. The van der Waals surface area contributed by atoms with Crippen molar-refractivity contribution < 1.29 is 31.9 Å². The van der Waals surface area contributed by atoms with Crippen molar-refractivity contribution in [3.05, 3.63) is 211 Å². The maximum atomic E-state index is 5.32. The van der Waals surface area contributed by atoms with Crippen LogP contribution in [0.25, 0.3) is 102 Å². The number of benzene rings is 3. The fourth-order valence-corrected chi connectivity index (χ4v) is 7.77. The van der Waals surface area contributed by atoms with Gasteiger partial charge in [0.15, 0.2) is 0 Å². The molecular weight excluding hydrogens is 871 g/mol. The molecule has 0 saturated carbocycles. The Balaban J connectivity index is 0.000000327. The summed E-state index contributed by atoms with van der Waals surface area (Å²) in [6, 6.07) is 55.6. The summed E-state index contributed by atoms with van der Waals surface area (Å²) in [5.41, 5.74) is 17.6. The zero-order chi connectivity index (χ0) is 40.1. The van der Waals surface area contributed by atoms with Gasteiger partial charge in [0, 0.05) is 74.7 Å². The Morgan fingerprint density at radius 1 is 0.323 bits per heavy atom. The predicted octanol–water partition coefficient (Wildman–Crippen LogP) is 9.86. The average molecular weight is 908 g/mol. The normalized spacial score (nSPS) is 11.2. The summed E-state index contributed by atoms with van der Waals surface area (Å²) < 4.78 is 0. The van der Waals surface area contributed by atoms with Crippen LogP contribution in [-0.2, 0) is 19.5 Å². The first-order valence-electron chi connectivity index (χ1n) is 19.8. The first kappa shape index (κ1) is 41.4. The minimum absolute atomic E-state index is 0. The van der Waals surface area contributed by atoms with Crippen LogP contribution in [0.5, 0.6) is 0 Å². The third-order valence-electron chi connectivity index (χ3n) is 10.5. The molecule has 2 aliphatic heterocycles. The molecule has 8 bridgehead atoms. The Labute approximate surface area is 378 Å². The molecular formula is C53H37ClN7Ru+. The molecule has 3 aromatic carbocycles. The molecule has 7 nitrogen and oxygen atoms in total. The Hall–Kier alpha value is -7.38. The van der Waals surface area contributed by atoms with E-state index >= 15 is 0 Å². The molecule has 0 spiro atoms. The van der Waals surface area contributed by atoms with Crippen molar-refractivity contribution in [2.45, 2.75) is 0 Å². The molecule has 0 amide bonds. The number of halogens is 1. The molecule has 8 heterocycles. The molecule has 62 heavy (non-hydrogen) atoms. The summed E-state index contributed by atoms with van der Waals surface area (Å²) >= 11 is 0. The topological polar surface area (TPSA) is 96.0 Å². The van der Waals surface area contributed by atoms with E-state index in [1.165, 1.54) is 0 Å². The molecule has 0 aliphatic carbocycles. The summed E-state index contributed by atoms with van der Waals surface area (Å²) in [4.78, 5) is 31.1. The van der Waals surface area contributed by atoms with E-state index in [0.717, 1.165) is 101 Å². The summed E-state index contributed by atoms with van der Waals surface area (Å²) in [6.07, 6.45) is 15.7. The molecule has 298 valence electrons. The SMILES string of the molecule is C1=Cc2nc1c(-c1ccccc1)c1nc(c(-c3ccccc3)c3ccc([nH]3)c(-c3cccnc3)c3ccc([nH]3)c2-c2ccccc2)C=C1.[Cl-].[Ru+2].c1ccc(-c2ccccn2)nc1. The average Bonchev–Trinajstić information content (AvgIpc) is 4.17. The number of hydrogen-bond acceptors (Lipinski definition) is 5. The Bertz CT molecular complexity index is 3000. The minimum Gasteiger partial charge on any atom is -1.00 e. The van der Waals surface area contributed by atoms with E-state index in [4.69, 9.17) is 9.97 Å². The molecule has 0 unspecified atom stereocenters. The largest absolute Gasteiger partial charge is 2.00 e. The Kier molecular flexibility index (Phi) is 12.6. The van der Waals surface area contributed by atoms with Crippen LogP contribution in [0.4, 0.5) is 0 Å². The van der Waals surface area contributed by atoms with Gasteiger partial charge in [0.25, 0.3) is 0 Å². The quantitative estimate of drug-likeness (QED) is 0.168. The second-order valence-electron chi connectivity index (χ2n) is 14.3. The van der Waals surface area contributed by atoms with Crippen LogP contribution in [-0.4, -0.2) is 34.9 Å². The van der Waals surface area contributed by atoms with Crippen molar-refractivity contribution in [2.75, 3.05) is 0 Å². The van der Waals surface area contributed by atoms with Gasteiger partial charge in [-0.1, -0.05) is 109 Å². The van der Waals surface area contributed by atoms with E-state index in [2.05, 4.69) is 152 Å². The van der Waals surface area contributed by atoms with Gasteiger partial charge in [-0.15, -0.1) is 0 Å². The van der Waals surface area contributed by atoms with Gasteiger partial charge in [-0.25, -0.2) is 9.97 Å². The molecule has 9 aromatic rings. The van der Waals surface area contributed by atoms with Crippen LogP contribution in [0, 0.1) is 0 Å². The summed E-state index contributed by atoms with van der Waals surface area (Å²) in [5.74, 6) is 0. The van der Waals surface area contributed by atoms with Crippen molar-refractivity contribution in [1.29, 1.82) is 0 Å². The Morgan fingerprint density at radius 3 is 1.08 bits per heavy atom. The van der Waals surface area contributed by atoms with Gasteiger partial charge in [-0.2, -0.15) is 0 Å². The van der Waals surface area contributed by atoms with Crippen LogP contribution in [0.3, 0.4) is 0 Å². The number of hydrogen-bond donors (Lipinski definition) is 2. The van der Waals surface area contributed by atoms with E-state index in [1.54, 1.807) is 18.6 Å². The maximum Gasteiger partial charge on any atom is 2.00 e. The third kappa shape index (κ3) is 8.48. The van der Waals surface area contributed by atoms with Crippen LogP contribution >= 0.6 is 0 Å². The first-order valence-corrected chi connectivity index (χ1v) is 19.8. The number of fused-ring (bicyclic) bond motifs is 8. The molecule has 11 rings (SSSR count). The van der Waals surface area contributed by atoms with Gasteiger partial charge in [0.2, 0.25) is 0 Å². The van der Waals surface area contributed by atoms with Gasteiger partial charge in [-0.05, 0) is 95.6 Å². The molecule has 9 heteroatoms. The Morgan fingerprint density at radius 2 is 0.694 bits per heavy atom. The van der Waals surface area contributed by atoms with E-state index < -0.39 is 0 Å². The van der Waals surface area contributed by atoms with E-state index in [-0.39, 0.29) is 31.9 Å². The molecule has 0 saturated heterocycles. The van der Waals surface area contributed by atoms with Gasteiger partial charge >= 0.3 is 19.5 Å². The van der Waals surface area contributed by atoms with Crippen molar-refractivity contribution in [3.63, 3.8) is 0 Å². The van der Waals surface area contributed by atoms with Gasteiger partial charge in [-0.3, -0.25) is 15.0 Å². The number of aromatic amines is 2. The standard InChI is InChI=1S/C43H29N5.C10H8N2.ClH.Ru/c1-4-11-28(12-5-1)40-32-18-20-34(45-32)41(29-13-6-2-7-14-29)36-22-24-38(47-36)43(31-17-10-26-44-27-31)39-25-23-37(48-39)42(30-15-8-3-9-16-30)35-21-19-33(40)46-35;1-3-7-11-9(5-1)10-6-2-4-8-12-10;;/h1-27,47-48H;1-8H;1H;/q;;;+2/p-1. The molecule has 0 radical (unpaired) electrons. The van der Waals surface area contributed by atoms with Crippen molar-refractivity contribution >= 4 is 46.4 Å². The fraction of sp³-hybridized carbons (Fsp3) is 0. The number of nitrogens with zero attached hydrogens (tertiary/aromatic N) is 5. The van der Waals surface area contributed by atoms with Crippen molar-refractivity contribution in [1.82, 2.24) is 34.9 Å². The first-order chi connectivity index (χ1) is 29.8. The second-order valence-corrected chi connectivity index (χ2v) is 14.3. The van der Waals surface area contributed by atoms with Crippen LogP contribution < -0.4 is 12.4 Å². The number of nitrogens with one attached hydrogen (secondary N) is 2. The van der Waals surface area contributed by atoms with Crippen molar-refractivity contribution in [2.24, 2.45) is 0 Å². The summed E-state index contributed by atoms with van der Waals surface area (Å²) in [5, 5.41) is 0. The number of aromatic nitrogens is 7. The van der Waals surface area contributed by atoms with Gasteiger partial charge in [0.05, 0.1) is 34.2 Å². The maximum absolute atomic E-state index is 5.32. The summed E-state index contributed by atoms with van der Waals surface area (Å²) in [7, 11) is 0. The molecule has 0 fully saturated rings. The zero-order valence-electron chi connectivity index (χ0n) is 33.2. The number of rotatable bonds is 5. The number of pyridine rings is 3. The van der Waals surface area contributed by atoms with E-state index in [9.17, 15) is 0 Å². The molecule has 0 atom stereocenters. The van der Waals surface area contributed by atoms with Crippen LogP contribution in [0.2, 0.25) is 0 Å². The smallest absolute Gasteiger partial charge is 1.00 e. The predicted molar refractivity (Wildman–Crippen MR) is 246 cm³/mol. The summed E-state index contributed by atoms with van der Waals surface area (Å²) in [6.45, 7) is 0. The minimum atomic E-state index is 0. The van der Waals surface area contributed by atoms with E-state index in [1.807, 2.05) is 66.9 Å². The molecule has 6 aromatic heterocycles. The molecule has 2 aliphatic rings. The monoisotopic (exact) mass is 908 g/mol.